The van der Waals surface area contributed by atoms with Crippen LogP contribution in [0, 0.1) is 5.41 Å². The first-order valence-electron chi connectivity index (χ1n) is 4.03. The van der Waals surface area contributed by atoms with Gasteiger partial charge in [-0.05, 0) is 11.8 Å². The van der Waals surface area contributed by atoms with E-state index >= 15 is 0 Å². The Balaban J connectivity index is 2.16. The third-order valence-electron chi connectivity index (χ3n) is 2.48. The highest BCUT2D eigenvalue weighted by Gasteiger charge is 2.35. The average Bonchev–Trinajstić information content (AvgIpc) is 1.85. The molecule has 60 valence electrons. The molecule has 2 nitrogen and oxygen atoms in total. The van der Waals surface area contributed by atoms with Gasteiger partial charge < -0.3 is 5.11 Å². The summed E-state index contributed by atoms with van der Waals surface area (Å²) in [4.78, 5) is 2.30. The predicted molar refractivity (Wildman–Crippen MR) is 41.9 cm³/mol. The zero-order valence-corrected chi connectivity index (χ0v) is 6.93. The van der Waals surface area contributed by atoms with E-state index in [1.165, 1.54) is 19.5 Å². The molecule has 10 heavy (non-hydrogen) atoms. The number of hydrogen-bond donors (Lipinski definition) is 1. The molecular weight excluding hydrogens is 126 g/mol. The quantitative estimate of drug-likeness (QED) is 0.629. The van der Waals surface area contributed by atoms with Crippen LogP contribution in [0.5, 0.6) is 0 Å². The lowest BCUT2D eigenvalue weighted by Gasteiger charge is -2.47. The number of aliphatic hydroxyl groups excluding tert-OH is 1. The lowest BCUT2D eigenvalue weighted by molar-refractivity contribution is 0.00213. The molecule has 1 fully saturated rings. The molecule has 0 bridgehead atoms. The first kappa shape index (κ1) is 8.02. The number of nitrogens with zero attached hydrogens (tertiary/aromatic N) is 1. The molecule has 1 saturated heterocycles. The molecule has 0 amide bonds. The van der Waals surface area contributed by atoms with Crippen molar-refractivity contribution in [2.45, 2.75) is 20.3 Å². The standard InChI is InChI=1S/C8H17NO/c1-3-8(2)6-9(7-8)4-5-10/h10H,3-7H2,1-2H3. The summed E-state index contributed by atoms with van der Waals surface area (Å²) in [6.45, 7) is 8.04. The minimum absolute atomic E-state index is 0.305. The molecule has 0 radical (unpaired) electrons. The maximum absolute atomic E-state index is 8.60. The minimum Gasteiger partial charge on any atom is -0.395 e. The summed E-state index contributed by atoms with van der Waals surface area (Å²) in [5, 5.41) is 8.60. The molecule has 1 aliphatic rings. The van der Waals surface area contributed by atoms with Crippen LogP contribution in [0.25, 0.3) is 0 Å². The van der Waals surface area contributed by atoms with Gasteiger partial charge in [-0.3, -0.25) is 4.90 Å². The van der Waals surface area contributed by atoms with Crippen molar-refractivity contribution in [3.63, 3.8) is 0 Å². The Bertz CT molecular complexity index is 108. The zero-order chi connectivity index (χ0) is 7.61. The predicted octanol–water partition coefficient (Wildman–Crippen LogP) is 0.711. The summed E-state index contributed by atoms with van der Waals surface area (Å²) >= 11 is 0. The summed E-state index contributed by atoms with van der Waals surface area (Å²) in [7, 11) is 0. The number of aliphatic hydroxyl groups is 1. The van der Waals surface area contributed by atoms with Crippen LogP contribution in [0.15, 0.2) is 0 Å². The van der Waals surface area contributed by atoms with Gasteiger partial charge in [0.15, 0.2) is 0 Å². The van der Waals surface area contributed by atoms with Gasteiger partial charge in [-0.25, -0.2) is 0 Å². The fourth-order valence-corrected chi connectivity index (χ4v) is 1.56. The third-order valence-corrected chi connectivity index (χ3v) is 2.48. The van der Waals surface area contributed by atoms with Gasteiger partial charge in [-0.15, -0.1) is 0 Å². The molecule has 0 aromatic heterocycles. The molecule has 0 aliphatic carbocycles. The molecule has 1 heterocycles. The first-order chi connectivity index (χ1) is 4.70. The summed E-state index contributed by atoms with van der Waals surface area (Å²) in [6.07, 6.45) is 1.26. The van der Waals surface area contributed by atoms with Crippen molar-refractivity contribution in [2.24, 2.45) is 5.41 Å². The SMILES string of the molecule is CCC1(C)CN(CCO)C1. The second kappa shape index (κ2) is 2.89. The van der Waals surface area contributed by atoms with Gasteiger partial charge in [-0.2, -0.15) is 0 Å². The molecule has 0 aromatic carbocycles. The molecule has 1 rings (SSSR count). The Morgan fingerprint density at radius 3 is 2.50 bits per heavy atom. The molecule has 0 spiro atoms. The molecule has 1 N–H and O–H groups in total. The van der Waals surface area contributed by atoms with E-state index in [9.17, 15) is 0 Å². The second-order valence-electron chi connectivity index (χ2n) is 3.60. The van der Waals surface area contributed by atoms with E-state index in [2.05, 4.69) is 18.7 Å². The van der Waals surface area contributed by atoms with Crippen LogP contribution < -0.4 is 0 Å². The van der Waals surface area contributed by atoms with Crippen molar-refractivity contribution in [1.29, 1.82) is 0 Å². The second-order valence-corrected chi connectivity index (χ2v) is 3.60. The van der Waals surface area contributed by atoms with Crippen molar-refractivity contribution >= 4 is 0 Å². The van der Waals surface area contributed by atoms with Gasteiger partial charge in [0, 0.05) is 19.6 Å². The van der Waals surface area contributed by atoms with Crippen LogP contribution in [-0.2, 0) is 0 Å². The maximum atomic E-state index is 8.60. The molecular formula is C8H17NO. The lowest BCUT2D eigenvalue weighted by Crippen LogP contribution is -2.54. The van der Waals surface area contributed by atoms with E-state index in [0.717, 1.165) is 6.54 Å². The first-order valence-corrected chi connectivity index (χ1v) is 4.03. The molecule has 0 unspecified atom stereocenters. The van der Waals surface area contributed by atoms with E-state index in [0.29, 0.717) is 12.0 Å². The number of rotatable bonds is 3. The van der Waals surface area contributed by atoms with Crippen LogP contribution in [-0.4, -0.2) is 36.2 Å². The van der Waals surface area contributed by atoms with Crippen molar-refractivity contribution in [3.05, 3.63) is 0 Å². The van der Waals surface area contributed by atoms with E-state index in [4.69, 9.17) is 5.11 Å². The molecule has 2 heteroatoms. The average molecular weight is 143 g/mol. The van der Waals surface area contributed by atoms with Crippen molar-refractivity contribution in [3.8, 4) is 0 Å². The molecule has 0 atom stereocenters. The van der Waals surface area contributed by atoms with Crippen molar-refractivity contribution < 1.29 is 5.11 Å². The number of β-amino-alcohol motifs (C(OH)–C–C–N with tert-alkyl or cyclic N) is 1. The van der Waals surface area contributed by atoms with E-state index in [1.54, 1.807) is 0 Å². The van der Waals surface area contributed by atoms with Crippen LogP contribution in [0.1, 0.15) is 20.3 Å². The van der Waals surface area contributed by atoms with Gasteiger partial charge in [0.2, 0.25) is 0 Å². The largest absolute Gasteiger partial charge is 0.395 e. The van der Waals surface area contributed by atoms with E-state index in [1.807, 2.05) is 0 Å². The maximum Gasteiger partial charge on any atom is 0.0558 e. The van der Waals surface area contributed by atoms with Gasteiger partial charge in [0.05, 0.1) is 6.61 Å². The Morgan fingerprint density at radius 2 is 2.10 bits per heavy atom. The monoisotopic (exact) mass is 143 g/mol. The zero-order valence-electron chi connectivity index (χ0n) is 6.93. The lowest BCUT2D eigenvalue weighted by atomic mass is 9.80. The Labute approximate surface area is 62.8 Å². The number of likely N-dealkylation sites (tertiary alicyclic amines) is 1. The van der Waals surface area contributed by atoms with Gasteiger partial charge in [-0.1, -0.05) is 13.8 Å². The fraction of sp³-hybridized carbons (Fsp3) is 1.00. The highest BCUT2D eigenvalue weighted by atomic mass is 16.3. The molecule has 0 aromatic rings. The van der Waals surface area contributed by atoms with Crippen LogP contribution in [0.3, 0.4) is 0 Å². The number of hydrogen-bond acceptors (Lipinski definition) is 2. The normalized spacial score (nSPS) is 24.3. The molecule has 1 aliphatic heterocycles. The minimum atomic E-state index is 0.305. The summed E-state index contributed by atoms with van der Waals surface area (Å²) in [6, 6.07) is 0. The smallest absolute Gasteiger partial charge is 0.0558 e. The summed E-state index contributed by atoms with van der Waals surface area (Å²) in [5.74, 6) is 0. The van der Waals surface area contributed by atoms with Crippen LogP contribution in [0.2, 0.25) is 0 Å². The van der Waals surface area contributed by atoms with Gasteiger partial charge in [0.1, 0.15) is 0 Å². The topological polar surface area (TPSA) is 23.5 Å². The van der Waals surface area contributed by atoms with Crippen LogP contribution in [0.4, 0.5) is 0 Å². The highest BCUT2D eigenvalue weighted by Crippen LogP contribution is 2.32. The van der Waals surface area contributed by atoms with Crippen molar-refractivity contribution in [2.75, 3.05) is 26.2 Å². The van der Waals surface area contributed by atoms with Crippen LogP contribution >= 0.6 is 0 Å². The third kappa shape index (κ3) is 1.50. The summed E-state index contributed by atoms with van der Waals surface area (Å²) < 4.78 is 0. The van der Waals surface area contributed by atoms with Gasteiger partial charge >= 0.3 is 0 Å². The summed E-state index contributed by atoms with van der Waals surface area (Å²) in [5.41, 5.74) is 0.551. The van der Waals surface area contributed by atoms with Crippen molar-refractivity contribution in [1.82, 2.24) is 4.90 Å². The highest BCUT2D eigenvalue weighted by molar-refractivity contribution is 4.89. The van der Waals surface area contributed by atoms with E-state index < -0.39 is 0 Å². The van der Waals surface area contributed by atoms with Gasteiger partial charge in [0.25, 0.3) is 0 Å². The molecule has 0 saturated carbocycles. The Kier molecular flexibility index (Phi) is 2.32. The fourth-order valence-electron chi connectivity index (χ4n) is 1.56. The van der Waals surface area contributed by atoms with E-state index in [-0.39, 0.29) is 0 Å². The Morgan fingerprint density at radius 1 is 1.50 bits per heavy atom. The Hall–Kier alpha value is -0.0800.